The lowest BCUT2D eigenvalue weighted by molar-refractivity contribution is -0.144. The van der Waals surface area contributed by atoms with E-state index in [0.717, 1.165) is 0 Å². The van der Waals surface area contributed by atoms with Crippen molar-refractivity contribution in [1.29, 1.82) is 0 Å². The molecule has 0 amide bonds. The average Bonchev–Trinajstić information content (AvgIpc) is 2.11. The molecule has 1 rings (SSSR count). The van der Waals surface area contributed by atoms with Crippen LogP contribution in [0.3, 0.4) is 0 Å². The van der Waals surface area contributed by atoms with E-state index in [1.807, 2.05) is 0 Å². The molecule has 0 fully saturated rings. The minimum Gasteiger partial charge on any atom is -0.479 e. The standard InChI is InChI=1S/C10H11FO3/c1-6-5-8(3-4-9(6)11)14-7(2)10(12)13/h3-5,7H,1-2H3,(H,12,13)/t7-/m0/s1. The van der Waals surface area contributed by atoms with Gasteiger partial charge in [0.2, 0.25) is 0 Å². The van der Waals surface area contributed by atoms with Crippen LogP contribution in [0.4, 0.5) is 4.39 Å². The molecule has 0 spiro atoms. The molecule has 76 valence electrons. The van der Waals surface area contributed by atoms with E-state index in [9.17, 15) is 9.18 Å². The molecule has 1 N–H and O–H groups in total. The predicted molar refractivity (Wildman–Crippen MR) is 48.9 cm³/mol. The number of ether oxygens (including phenoxy) is 1. The first kappa shape index (κ1) is 10.5. The Bertz CT molecular complexity index is 349. The molecule has 3 nitrogen and oxygen atoms in total. The van der Waals surface area contributed by atoms with E-state index in [-0.39, 0.29) is 5.82 Å². The number of carbonyl (C=O) groups is 1. The van der Waals surface area contributed by atoms with Gasteiger partial charge in [0.05, 0.1) is 0 Å². The summed E-state index contributed by atoms with van der Waals surface area (Å²) in [5.41, 5.74) is 0.431. The van der Waals surface area contributed by atoms with Gasteiger partial charge >= 0.3 is 5.97 Å². The molecular formula is C10H11FO3. The van der Waals surface area contributed by atoms with Crippen LogP contribution in [0.1, 0.15) is 12.5 Å². The van der Waals surface area contributed by atoms with Gasteiger partial charge in [0, 0.05) is 0 Å². The highest BCUT2D eigenvalue weighted by Gasteiger charge is 2.12. The summed E-state index contributed by atoms with van der Waals surface area (Å²) in [7, 11) is 0. The van der Waals surface area contributed by atoms with Gasteiger partial charge in [-0.3, -0.25) is 0 Å². The van der Waals surface area contributed by atoms with Crippen LogP contribution in [0.2, 0.25) is 0 Å². The summed E-state index contributed by atoms with van der Waals surface area (Å²) in [6, 6.07) is 4.12. The van der Waals surface area contributed by atoms with Gasteiger partial charge in [-0.15, -0.1) is 0 Å². The van der Waals surface area contributed by atoms with Crippen molar-refractivity contribution in [1.82, 2.24) is 0 Å². The van der Waals surface area contributed by atoms with Crippen molar-refractivity contribution in [2.24, 2.45) is 0 Å². The van der Waals surface area contributed by atoms with Crippen LogP contribution in [0, 0.1) is 12.7 Å². The number of hydrogen-bond acceptors (Lipinski definition) is 2. The fourth-order valence-electron chi connectivity index (χ4n) is 0.945. The van der Waals surface area contributed by atoms with Gasteiger partial charge in [-0.25, -0.2) is 9.18 Å². The molecule has 1 aromatic rings. The van der Waals surface area contributed by atoms with Crippen molar-refractivity contribution < 1.29 is 19.0 Å². The Hall–Kier alpha value is -1.58. The summed E-state index contributed by atoms with van der Waals surface area (Å²) in [5.74, 6) is -1.02. The molecule has 0 bridgehead atoms. The zero-order valence-electron chi connectivity index (χ0n) is 7.95. The lowest BCUT2D eigenvalue weighted by atomic mass is 10.2. The third-order valence-corrected chi connectivity index (χ3v) is 1.79. The molecule has 0 radical (unpaired) electrons. The average molecular weight is 198 g/mol. The molecule has 0 saturated heterocycles. The third kappa shape index (κ3) is 2.45. The van der Waals surface area contributed by atoms with Gasteiger partial charge in [0.15, 0.2) is 6.10 Å². The summed E-state index contributed by atoms with van der Waals surface area (Å²) in [6.07, 6.45) is -0.931. The van der Waals surface area contributed by atoms with Gasteiger partial charge in [-0.05, 0) is 37.6 Å². The van der Waals surface area contributed by atoms with Crippen molar-refractivity contribution in [3.05, 3.63) is 29.6 Å². The molecule has 0 heterocycles. The second-order valence-electron chi connectivity index (χ2n) is 3.01. The van der Waals surface area contributed by atoms with Gasteiger partial charge in [0.1, 0.15) is 11.6 Å². The molecule has 4 heteroatoms. The Kier molecular flexibility index (Phi) is 3.06. The number of benzene rings is 1. The van der Waals surface area contributed by atoms with Gasteiger partial charge in [0.25, 0.3) is 0 Å². The number of rotatable bonds is 3. The van der Waals surface area contributed by atoms with Crippen molar-refractivity contribution in [3.63, 3.8) is 0 Å². The molecule has 1 atom stereocenters. The normalized spacial score (nSPS) is 12.2. The number of aliphatic carboxylic acids is 1. The van der Waals surface area contributed by atoms with Crippen LogP contribution in [-0.4, -0.2) is 17.2 Å². The second kappa shape index (κ2) is 4.09. The summed E-state index contributed by atoms with van der Waals surface area (Å²) in [5, 5.41) is 8.57. The zero-order chi connectivity index (χ0) is 10.7. The highest BCUT2D eigenvalue weighted by Crippen LogP contribution is 2.17. The first-order valence-electron chi connectivity index (χ1n) is 4.16. The number of aryl methyl sites for hydroxylation is 1. The van der Waals surface area contributed by atoms with E-state index >= 15 is 0 Å². The maximum Gasteiger partial charge on any atom is 0.344 e. The number of hydrogen-bond donors (Lipinski definition) is 1. The minimum absolute atomic E-state index is 0.333. The van der Waals surface area contributed by atoms with Crippen LogP contribution in [0.25, 0.3) is 0 Å². The Morgan fingerprint density at radius 3 is 2.71 bits per heavy atom. The van der Waals surface area contributed by atoms with Crippen LogP contribution >= 0.6 is 0 Å². The van der Waals surface area contributed by atoms with Crippen LogP contribution in [-0.2, 0) is 4.79 Å². The van der Waals surface area contributed by atoms with E-state index in [1.165, 1.54) is 25.1 Å². The monoisotopic (exact) mass is 198 g/mol. The van der Waals surface area contributed by atoms with E-state index in [0.29, 0.717) is 11.3 Å². The van der Waals surface area contributed by atoms with Gasteiger partial charge < -0.3 is 9.84 Å². The molecule has 14 heavy (non-hydrogen) atoms. The Balaban J connectivity index is 2.78. The molecule has 0 aliphatic heterocycles. The van der Waals surface area contributed by atoms with Crippen LogP contribution in [0.5, 0.6) is 5.75 Å². The third-order valence-electron chi connectivity index (χ3n) is 1.79. The largest absolute Gasteiger partial charge is 0.479 e. The molecule has 0 unspecified atom stereocenters. The number of carboxylic acids is 1. The van der Waals surface area contributed by atoms with E-state index < -0.39 is 12.1 Å². The van der Waals surface area contributed by atoms with Crippen molar-refractivity contribution in [3.8, 4) is 5.75 Å². The van der Waals surface area contributed by atoms with E-state index in [4.69, 9.17) is 9.84 Å². The number of halogens is 1. The highest BCUT2D eigenvalue weighted by molar-refractivity contribution is 5.72. The Morgan fingerprint density at radius 2 is 2.21 bits per heavy atom. The Morgan fingerprint density at radius 1 is 1.57 bits per heavy atom. The Labute approximate surface area is 81.1 Å². The minimum atomic E-state index is -1.05. The van der Waals surface area contributed by atoms with Crippen LogP contribution in [0.15, 0.2) is 18.2 Å². The summed E-state index contributed by atoms with van der Waals surface area (Å²) in [6.45, 7) is 3.01. The summed E-state index contributed by atoms with van der Waals surface area (Å²) in [4.78, 5) is 10.5. The first-order chi connectivity index (χ1) is 6.50. The van der Waals surface area contributed by atoms with E-state index in [1.54, 1.807) is 6.92 Å². The fourth-order valence-corrected chi connectivity index (χ4v) is 0.945. The van der Waals surface area contributed by atoms with Crippen molar-refractivity contribution >= 4 is 5.97 Å². The second-order valence-corrected chi connectivity index (χ2v) is 3.01. The van der Waals surface area contributed by atoms with Gasteiger partial charge in [-0.2, -0.15) is 0 Å². The SMILES string of the molecule is Cc1cc(O[C@@H](C)C(=O)O)ccc1F. The predicted octanol–water partition coefficient (Wildman–Crippen LogP) is 1.99. The number of carboxylic acid groups (broad SMARTS) is 1. The van der Waals surface area contributed by atoms with Crippen molar-refractivity contribution in [2.45, 2.75) is 20.0 Å². The molecule has 1 aromatic carbocycles. The molecule has 0 aliphatic rings. The molecule has 0 saturated carbocycles. The maximum atomic E-state index is 12.8. The summed E-state index contributed by atoms with van der Waals surface area (Å²) >= 11 is 0. The smallest absolute Gasteiger partial charge is 0.344 e. The lowest BCUT2D eigenvalue weighted by Gasteiger charge is -2.10. The molecule has 0 aromatic heterocycles. The van der Waals surface area contributed by atoms with Crippen molar-refractivity contribution in [2.75, 3.05) is 0 Å². The first-order valence-corrected chi connectivity index (χ1v) is 4.16. The highest BCUT2D eigenvalue weighted by atomic mass is 19.1. The van der Waals surface area contributed by atoms with Crippen LogP contribution < -0.4 is 4.74 Å². The topological polar surface area (TPSA) is 46.5 Å². The zero-order valence-corrected chi connectivity index (χ0v) is 7.95. The maximum absolute atomic E-state index is 12.8. The van der Waals surface area contributed by atoms with Gasteiger partial charge in [-0.1, -0.05) is 0 Å². The lowest BCUT2D eigenvalue weighted by Crippen LogP contribution is -2.22. The van der Waals surface area contributed by atoms with E-state index in [2.05, 4.69) is 0 Å². The summed E-state index contributed by atoms with van der Waals surface area (Å²) < 4.78 is 17.9. The quantitative estimate of drug-likeness (QED) is 0.807. The fraction of sp³-hybridized carbons (Fsp3) is 0.300. The molecule has 0 aliphatic carbocycles. The molecular weight excluding hydrogens is 187 g/mol.